The molecule has 1 saturated carbocycles. The normalized spacial score (nSPS) is 17.1. The molecule has 0 amide bonds. The summed E-state index contributed by atoms with van der Waals surface area (Å²) < 4.78 is 5.64. The van der Waals surface area contributed by atoms with E-state index in [4.69, 9.17) is 10.6 Å². The minimum atomic E-state index is 0.577. The highest BCUT2D eigenvalue weighted by atomic mass is 16.5. The number of hydrogen-bond donors (Lipinski definition) is 2. The van der Waals surface area contributed by atoms with Gasteiger partial charge in [-0.05, 0) is 18.8 Å². The molecule has 0 aliphatic heterocycles. The smallest absolute Gasteiger partial charge is 0.218 e. The molecule has 1 aromatic rings. The van der Waals surface area contributed by atoms with E-state index >= 15 is 0 Å². The number of ether oxygens (including phenoxy) is 1. The highest BCUT2D eigenvalue weighted by molar-refractivity contribution is 5.35. The molecule has 0 bridgehead atoms. The number of hydrazine groups is 1. The molecule has 1 aliphatic carbocycles. The molecule has 16 heavy (non-hydrogen) atoms. The fourth-order valence-corrected chi connectivity index (χ4v) is 2.05. The standard InChI is InChI=1S/C11H18N4O/c12-15-10-6-11(14-8-13-10)16-7-9-4-2-1-3-5-9/h6,8-9H,1-5,7,12H2,(H,13,14,15). The van der Waals surface area contributed by atoms with E-state index in [1.165, 1.54) is 38.4 Å². The fraction of sp³-hybridized carbons (Fsp3) is 0.636. The predicted octanol–water partition coefficient (Wildman–Crippen LogP) is 1.72. The first-order valence-electron chi connectivity index (χ1n) is 5.80. The van der Waals surface area contributed by atoms with Crippen LogP contribution in [0.3, 0.4) is 0 Å². The Hall–Kier alpha value is -1.36. The number of aromatic nitrogens is 2. The maximum Gasteiger partial charge on any atom is 0.218 e. The zero-order chi connectivity index (χ0) is 11.2. The Morgan fingerprint density at radius 3 is 2.88 bits per heavy atom. The van der Waals surface area contributed by atoms with Crippen molar-refractivity contribution in [2.45, 2.75) is 32.1 Å². The Bertz CT molecular complexity index is 326. The van der Waals surface area contributed by atoms with Crippen LogP contribution in [0.1, 0.15) is 32.1 Å². The molecular formula is C11H18N4O. The number of rotatable bonds is 4. The largest absolute Gasteiger partial charge is 0.477 e. The van der Waals surface area contributed by atoms with E-state index in [9.17, 15) is 0 Å². The average molecular weight is 222 g/mol. The Morgan fingerprint density at radius 2 is 2.12 bits per heavy atom. The van der Waals surface area contributed by atoms with Gasteiger partial charge in [0, 0.05) is 6.07 Å². The number of anilines is 1. The van der Waals surface area contributed by atoms with E-state index in [0.717, 1.165) is 6.61 Å². The van der Waals surface area contributed by atoms with Crippen molar-refractivity contribution in [1.29, 1.82) is 0 Å². The molecule has 1 fully saturated rings. The monoisotopic (exact) mass is 222 g/mol. The Balaban J connectivity index is 1.83. The fourth-order valence-electron chi connectivity index (χ4n) is 2.05. The summed E-state index contributed by atoms with van der Waals surface area (Å²) in [5.74, 6) is 7.11. The van der Waals surface area contributed by atoms with E-state index in [1.807, 2.05) is 0 Å². The summed E-state index contributed by atoms with van der Waals surface area (Å²) in [7, 11) is 0. The summed E-state index contributed by atoms with van der Waals surface area (Å²) in [4.78, 5) is 7.97. The van der Waals surface area contributed by atoms with Crippen molar-refractivity contribution < 1.29 is 4.74 Å². The van der Waals surface area contributed by atoms with Crippen molar-refractivity contribution in [1.82, 2.24) is 9.97 Å². The molecule has 0 unspecified atom stereocenters. The van der Waals surface area contributed by atoms with Crippen LogP contribution >= 0.6 is 0 Å². The zero-order valence-corrected chi connectivity index (χ0v) is 9.35. The van der Waals surface area contributed by atoms with E-state index in [-0.39, 0.29) is 0 Å². The number of nitrogen functional groups attached to an aromatic ring is 1. The van der Waals surface area contributed by atoms with Gasteiger partial charge in [0.25, 0.3) is 0 Å². The first kappa shape index (κ1) is 11.1. The highest BCUT2D eigenvalue weighted by Crippen LogP contribution is 2.24. The Morgan fingerprint density at radius 1 is 1.31 bits per heavy atom. The van der Waals surface area contributed by atoms with Gasteiger partial charge in [-0.25, -0.2) is 15.8 Å². The summed E-state index contributed by atoms with van der Waals surface area (Å²) in [6, 6.07) is 1.71. The molecule has 1 aliphatic rings. The van der Waals surface area contributed by atoms with Gasteiger partial charge in [-0.2, -0.15) is 0 Å². The second kappa shape index (κ2) is 5.65. The van der Waals surface area contributed by atoms with Gasteiger partial charge in [-0.3, -0.25) is 0 Å². The molecule has 0 aromatic carbocycles. The van der Waals surface area contributed by atoms with Crippen LogP contribution in [0, 0.1) is 5.92 Å². The van der Waals surface area contributed by atoms with Gasteiger partial charge in [0.05, 0.1) is 6.61 Å². The van der Waals surface area contributed by atoms with Crippen molar-refractivity contribution in [3.05, 3.63) is 12.4 Å². The van der Waals surface area contributed by atoms with Crippen LogP contribution in [0.4, 0.5) is 5.82 Å². The van der Waals surface area contributed by atoms with Crippen molar-refractivity contribution in [3.8, 4) is 5.88 Å². The SMILES string of the molecule is NNc1cc(OCC2CCCCC2)ncn1. The third kappa shape index (κ3) is 3.06. The summed E-state index contributed by atoms with van der Waals surface area (Å²) in [6.45, 7) is 0.751. The molecule has 1 aromatic heterocycles. The average Bonchev–Trinajstić information content (AvgIpc) is 2.38. The molecule has 5 heteroatoms. The van der Waals surface area contributed by atoms with Crippen molar-refractivity contribution in [2.75, 3.05) is 12.0 Å². The molecule has 2 rings (SSSR count). The quantitative estimate of drug-likeness (QED) is 0.599. The zero-order valence-electron chi connectivity index (χ0n) is 9.35. The van der Waals surface area contributed by atoms with Crippen LogP contribution in [-0.4, -0.2) is 16.6 Å². The summed E-state index contributed by atoms with van der Waals surface area (Å²) in [6.07, 6.45) is 8.01. The van der Waals surface area contributed by atoms with Crippen LogP contribution in [0.2, 0.25) is 0 Å². The number of nitrogens with one attached hydrogen (secondary N) is 1. The van der Waals surface area contributed by atoms with E-state index in [0.29, 0.717) is 17.6 Å². The third-order valence-electron chi connectivity index (χ3n) is 2.98. The van der Waals surface area contributed by atoms with Gasteiger partial charge in [-0.15, -0.1) is 0 Å². The first-order valence-corrected chi connectivity index (χ1v) is 5.80. The molecule has 0 radical (unpaired) electrons. The Labute approximate surface area is 95.4 Å². The van der Waals surface area contributed by atoms with Crippen molar-refractivity contribution >= 4 is 5.82 Å². The van der Waals surface area contributed by atoms with Crippen molar-refractivity contribution in [3.63, 3.8) is 0 Å². The first-order chi connectivity index (χ1) is 7.88. The molecular weight excluding hydrogens is 204 g/mol. The van der Waals surface area contributed by atoms with Gasteiger partial charge in [0.15, 0.2) is 0 Å². The second-order valence-electron chi connectivity index (χ2n) is 4.20. The van der Waals surface area contributed by atoms with Crippen LogP contribution in [0.25, 0.3) is 0 Å². The number of nitrogens with zero attached hydrogens (tertiary/aromatic N) is 2. The molecule has 3 N–H and O–H groups in total. The maximum absolute atomic E-state index is 5.64. The summed E-state index contributed by atoms with van der Waals surface area (Å²) in [5, 5.41) is 0. The summed E-state index contributed by atoms with van der Waals surface area (Å²) >= 11 is 0. The number of hydrogen-bond acceptors (Lipinski definition) is 5. The third-order valence-corrected chi connectivity index (χ3v) is 2.98. The van der Waals surface area contributed by atoms with Gasteiger partial charge in [0.1, 0.15) is 12.1 Å². The van der Waals surface area contributed by atoms with Crippen LogP contribution in [-0.2, 0) is 0 Å². The highest BCUT2D eigenvalue weighted by Gasteiger charge is 2.14. The Kier molecular flexibility index (Phi) is 3.93. The van der Waals surface area contributed by atoms with Crippen molar-refractivity contribution in [2.24, 2.45) is 11.8 Å². The van der Waals surface area contributed by atoms with Gasteiger partial charge in [-0.1, -0.05) is 19.3 Å². The minimum absolute atomic E-state index is 0.577. The lowest BCUT2D eigenvalue weighted by Crippen LogP contribution is -2.16. The van der Waals surface area contributed by atoms with Gasteiger partial charge in [0.2, 0.25) is 5.88 Å². The van der Waals surface area contributed by atoms with Gasteiger partial charge >= 0.3 is 0 Å². The molecule has 5 nitrogen and oxygen atoms in total. The summed E-state index contributed by atoms with van der Waals surface area (Å²) in [5.41, 5.74) is 2.47. The van der Waals surface area contributed by atoms with Crippen LogP contribution in [0.5, 0.6) is 5.88 Å². The van der Waals surface area contributed by atoms with E-state index in [2.05, 4.69) is 15.4 Å². The topological polar surface area (TPSA) is 73.1 Å². The van der Waals surface area contributed by atoms with E-state index in [1.54, 1.807) is 6.07 Å². The molecule has 0 atom stereocenters. The lowest BCUT2D eigenvalue weighted by atomic mass is 9.90. The van der Waals surface area contributed by atoms with E-state index < -0.39 is 0 Å². The lowest BCUT2D eigenvalue weighted by Gasteiger charge is -2.21. The molecule has 0 saturated heterocycles. The molecule has 1 heterocycles. The second-order valence-corrected chi connectivity index (χ2v) is 4.20. The predicted molar refractivity (Wildman–Crippen MR) is 61.9 cm³/mol. The minimum Gasteiger partial charge on any atom is -0.477 e. The van der Waals surface area contributed by atoms with Gasteiger partial charge < -0.3 is 10.2 Å². The number of nitrogens with two attached hydrogens (primary N) is 1. The molecule has 0 spiro atoms. The lowest BCUT2D eigenvalue weighted by molar-refractivity contribution is 0.202. The van der Waals surface area contributed by atoms with Crippen LogP contribution in [0.15, 0.2) is 12.4 Å². The van der Waals surface area contributed by atoms with Crippen LogP contribution < -0.4 is 16.0 Å². The maximum atomic E-state index is 5.64. The molecule has 88 valence electrons.